The Labute approximate surface area is 105 Å². The van der Waals surface area contributed by atoms with Crippen LogP contribution < -0.4 is 0 Å². The second kappa shape index (κ2) is 9.91. The third-order valence-corrected chi connectivity index (χ3v) is 1.48. The number of nitrogens with one attached hydrogen (secondary N) is 2. The standard InChI is InChI=1S/C8H6O5.2CHNO/c9-6-3-4(7(10)11)1-2-5(6)8(12)13;2*2-1-3/h1-3,9H,(H,10,11)(H,12,13);2*2H. The van der Waals surface area contributed by atoms with Gasteiger partial charge in [-0.3, -0.25) is 0 Å². The van der Waals surface area contributed by atoms with Crippen LogP contribution in [0.2, 0.25) is 0 Å². The van der Waals surface area contributed by atoms with Crippen LogP contribution in [0, 0.1) is 10.8 Å². The summed E-state index contributed by atoms with van der Waals surface area (Å²) in [5.74, 6) is -3.06. The maximum atomic E-state index is 10.4. The summed E-state index contributed by atoms with van der Waals surface area (Å²) < 4.78 is 0. The van der Waals surface area contributed by atoms with E-state index in [4.69, 9.17) is 35.7 Å². The van der Waals surface area contributed by atoms with E-state index in [1.54, 1.807) is 0 Å². The molecule has 0 unspecified atom stereocenters. The highest BCUT2D eigenvalue weighted by Crippen LogP contribution is 2.18. The molecule has 0 saturated carbocycles. The summed E-state index contributed by atoms with van der Waals surface area (Å²) in [4.78, 5) is 37.5. The maximum absolute atomic E-state index is 10.4. The highest BCUT2D eigenvalue weighted by atomic mass is 16.4. The van der Waals surface area contributed by atoms with Crippen LogP contribution in [0.1, 0.15) is 20.7 Å². The van der Waals surface area contributed by atoms with Crippen molar-refractivity contribution in [2.75, 3.05) is 0 Å². The average Bonchev–Trinajstić information content (AvgIpc) is 2.30. The first kappa shape index (κ1) is 18.1. The van der Waals surface area contributed by atoms with Gasteiger partial charge in [-0.2, -0.15) is 0 Å². The molecule has 0 spiro atoms. The number of phenols is 1. The Morgan fingerprint density at radius 3 is 1.68 bits per heavy atom. The van der Waals surface area contributed by atoms with E-state index in [0.29, 0.717) is 0 Å². The molecule has 9 nitrogen and oxygen atoms in total. The van der Waals surface area contributed by atoms with Gasteiger partial charge in [-0.25, -0.2) is 30.0 Å². The molecule has 0 amide bonds. The Hall–Kier alpha value is -3.28. The van der Waals surface area contributed by atoms with Crippen LogP contribution in [-0.4, -0.2) is 39.4 Å². The van der Waals surface area contributed by atoms with Crippen molar-refractivity contribution in [3.8, 4) is 5.75 Å². The van der Waals surface area contributed by atoms with E-state index in [1.807, 2.05) is 0 Å². The summed E-state index contributed by atoms with van der Waals surface area (Å²) in [7, 11) is 0. The zero-order valence-corrected chi connectivity index (χ0v) is 9.21. The van der Waals surface area contributed by atoms with E-state index in [9.17, 15) is 9.59 Å². The number of aromatic hydroxyl groups is 1. The zero-order valence-electron chi connectivity index (χ0n) is 9.21. The molecule has 5 N–H and O–H groups in total. The van der Waals surface area contributed by atoms with Crippen molar-refractivity contribution >= 4 is 24.1 Å². The maximum Gasteiger partial charge on any atom is 0.339 e. The molecular formula is C10H8N2O7. The molecule has 0 bridgehead atoms. The summed E-state index contributed by atoms with van der Waals surface area (Å²) in [6.45, 7) is 0. The monoisotopic (exact) mass is 268 g/mol. The lowest BCUT2D eigenvalue weighted by Crippen LogP contribution is -2.00. The Morgan fingerprint density at radius 1 is 1.00 bits per heavy atom. The van der Waals surface area contributed by atoms with Crippen LogP contribution in [-0.2, 0) is 9.59 Å². The van der Waals surface area contributed by atoms with Gasteiger partial charge in [0.15, 0.2) is 0 Å². The van der Waals surface area contributed by atoms with Crippen molar-refractivity contribution in [3.63, 3.8) is 0 Å². The van der Waals surface area contributed by atoms with E-state index < -0.39 is 17.7 Å². The predicted octanol–water partition coefficient (Wildman–Crippen LogP) is 0.591. The van der Waals surface area contributed by atoms with Gasteiger partial charge < -0.3 is 15.3 Å². The average molecular weight is 268 g/mol. The van der Waals surface area contributed by atoms with Crippen molar-refractivity contribution in [2.24, 2.45) is 0 Å². The number of rotatable bonds is 2. The molecule has 0 aliphatic rings. The van der Waals surface area contributed by atoms with Gasteiger partial charge in [0, 0.05) is 0 Å². The molecule has 0 saturated heterocycles. The topological polar surface area (TPSA) is 177 Å². The smallest absolute Gasteiger partial charge is 0.339 e. The van der Waals surface area contributed by atoms with Gasteiger partial charge in [0.05, 0.1) is 5.56 Å². The van der Waals surface area contributed by atoms with Crippen molar-refractivity contribution in [1.29, 1.82) is 10.8 Å². The molecule has 100 valence electrons. The second-order valence-corrected chi connectivity index (χ2v) is 2.55. The minimum absolute atomic E-state index is 0.150. The number of benzene rings is 1. The van der Waals surface area contributed by atoms with Crippen LogP contribution in [0.4, 0.5) is 0 Å². The van der Waals surface area contributed by atoms with Crippen LogP contribution >= 0.6 is 0 Å². The summed E-state index contributed by atoms with van der Waals surface area (Å²) in [5, 5.41) is 36.8. The highest BCUT2D eigenvalue weighted by Gasteiger charge is 2.11. The van der Waals surface area contributed by atoms with Gasteiger partial charge in [-0.1, -0.05) is 0 Å². The lowest BCUT2D eigenvalue weighted by Gasteiger charge is -1.99. The minimum Gasteiger partial charge on any atom is -0.507 e. The zero-order chi connectivity index (χ0) is 15.4. The Kier molecular flexibility index (Phi) is 9.44. The van der Waals surface area contributed by atoms with Crippen LogP contribution in [0.25, 0.3) is 0 Å². The van der Waals surface area contributed by atoms with Gasteiger partial charge in [0.2, 0.25) is 12.2 Å². The second-order valence-electron chi connectivity index (χ2n) is 2.55. The number of isocyanates is 2. The van der Waals surface area contributed by atoms with Crippen LogP contribution in [0.15, 0.2) is 18.2 Å². The number of carboxylic acids is 2. The Balaban J connectivity index is 0. The molecule has 19 heavy (non-hydrogen) atoms. The van der Waals surface area contributed by atoms with Gasteiger partial charge >= 0.3 is 11.9 Å². The summed E-state index contributed by atoms with van der Waals surface area (Å²) in [6.07, 6.45) is 1.50. The predicted molar refractivity (Wildman–Crippen MR) is 58.9 cm³/mol. The number of carboxylic acid groups (broad SMARTS) is 2. The fraction of sp³-hybridized carbons (Fsp3) is 0. The molecular weight excluding hydrogens is 260 g/mol. The molecule has 9 heteroatoms. The molecule has 1 aromatic carbocycles. The number of carbonyl (C=O) groups excluding carboxylic acids is 2. The third kappa shape index (κ3) is 7.58. The molecule has 1 aromatic rings. The number of aromatic carboxylic acids is 2. The quantitative estimate of drug-likeness (QED) is 0.384. The Morgan fingerprint density at radius 2 is 1.42 bits per heavy atom. The fourth-order valence-electron chi connectivity index (χ4n) is 0.846. The lowest BCUT2D eigenvalue weighted by atomic mass is 10.1. The first-order chi connectivity index (χ1) is 8.85. The van der Waals surface area contributed by atoms with E-state index in [1.165, 1.54) is 0 Å². The minimum atomic E-state index is -1.30. The van der Waals surface area contributed by atoms with Crippen molar-refractivity contribution < 1.29 is 34.5 Å². The summed E-state index contributed by atoms with van der Waals surface area (Å²) >= 11 is 0. The van der Waals surface area contributed by atoms with Crippen molar-refractivity contribution in [2.45, 2.75) is 0 Å². The van der Waals surface area contributed by atoms with Gasteiger partial charge in [-0.05, 0) is 18.2 Å². The van der Waals surface area contributed by atoms with Crippen LogP contribution in [0.3, 0.4) is 0 Å². The first-order valence-corrected chi connectivity index (χ1v) is 4.23. The molecule has 1 rings (SSSR count). The van der Waals surface area contributed by atoms with Gasteiger partial charge in [-0.15, -0.1) is 0 Å². The molecule has 0 aromatic heterocycles. The molecule has 0 fully saturated rings. The summed E-state index contributed by atoms with van der Waals surface area (Å²) in [5.41, 5.74) is -0.465. The molecule has 0 heterocycles. The number of hydrogen-bond donors (Lipinski definition) is 5. The largest absolute Gasteiger partial charge is 0.507 e. The van der Waals surface area contributed by atoms with Crippen molar-refractivity contribution in [3.05, 3.63) is 29.3 Å². The lowest BCUT2D eigenvalue weighted by molar-refractivity contribution is 0.0678. The van der Waals surface area contributed by atoms with Crippen molar-refractivity contribution in [1.82, 2.24) is 0 Å². The third-order valence-electron chi connectivity index (χ3n) is 1.48. The Bertz CT molecular complexity index is 515. The fourth-order valence-corrected chi connectivity index (χ4v) is 0.846. The van der Waals surface area contributed by atoms with Gasteiger partial charge in [0.25, 0.3) is 0 Å². The first-order valence-electron chi connectivity index (χ1n) is 4.23. The number of hydrogen-bond acceptors (Lipinski definition) is 7. The highest BCUT2D eigenvalue weighted by molar-refractivity contribution is 5.94. The normalized spacial score (nSPS) is 7.37. The molecule has 0 radical (unpaired) electrons. The van der Waals surface area contributed by atoms with E-state index in [-0.39, 0.29) is 11.1 Å². The molecule has 0 aliphatic heterocycles. The van der Waals surface area contributed by atoms with Crippen LogP contribution in [0.5, 0.6) is 5.75 Å². The molecule has 0 aliphatic carbocycles. The van der Waals surface area contributed by atoms with E-state index >= 15 is 0 Å². The number of carbonyl (C=O) groups is 2. The SMILES string of the molecule is N=C=O.N=C=O.O=C(O)c1ccc(C(=O)O)c(O)c1. The summed E-state index contributed by atoms with van der Waals surface area (Å²) in [6, 6.07) is 3.05. The van der Waals surface area contributed by atoms with E-state index in [0.717, 1.165) is 30.4 Å². The molecule has 0 atom stereocenters. The van der Waals surface area contributed by atoms with E-state index in [2.05, 4.69) is 0 Å². The van der Waals surface area contributed by atoms with Gasteiger partial charge in [0.1, 0.15) is 11.3 Å².